The fraction of sp³-hybridized carbons (Fsp3) is 0.842. The highest BCUT2D eigenvalue weighted by Crippen LogP contribution is 2.69. The second kappa shape index (κ2) is 4.45. The molecule has 3 heteroatoms. The lowest BCUT2D eigenvalue weighted by Crippen LogP contribution is -2.66. The number of carbonyl (C=O) groups excluding carboxylic acids is 1. The number of ketones is 1. The molecule has 1 spiro atoms. The van der Waals surface area contributed by atoms with Gasteiger partial charge in [0.1, 0.15) is 6.10 Å². The van der Waals surface area contributed by atoms with E-state index in [0.29, 0.717) is 17.8 Å². The van der Waals surface area contributed by atoms with Crippen molar-refractivity contribution in [2.45, 2.75) is 64.6 Å². The van der Waals surface area contributed by atoms with Gasteiger partial charge in [0.2, 0.25) is 0 Å². The highest BCUT2D eigenvalue weighted by Gasteiger charge is 2.67. The van der Waals surface area contributed by atoms with Crippen LogP contribution in [0, 0.1) is 34.5 Å². The summed E-state index contributed by atoms with van der Waals surface area (Å²) in [5.74, 6) is 1.25. The second-order valence-electron chi connectivity index (χ2n) is 8.81. The van der Waals surface area contributed by atoms with Gasteiger partial charge >= 0.3 is 0 Å². The zero-order valence-electron chi connectivity index (χ0n) is 13.7. The van der Waals surface area contributed by atoms with E-state index in [0.717, 1.165) is 44.1 Å². The molecule has 8 atom stereocenters. The van der Waals surface area contributed by atoms with Crippen molar-refractivity contribution >= 4 is 5.78 Å². The van der Waals surface area contributed by atoms with E-state index in [1.54, 1.807) is 0 Å². The lowest BCUT2D eigenvalue weighted by molar-refractivity contribution is -0.193. The highest BCUT2D eigenvalue weighted by atomic mass is 16.3. The number of aliphatic hydroxyl groups excluding tert-OH is 2. The third kappa shape index (κ3) is 1.57. The van der Waals surface area contributed by atoms with E-state index in [2.05, 4.69) is 20.4 Å². The van der Waals surface area contributed by atoms with Crippen molar-refractivity contribution in [2.24, 2.45) is 34.5 Å². The van der Waals surface area contributed by atoms with Gasteiger partial charge in [-0.3, -0.25) is 4.79 Å². The van der Waals surface area contributed by atoms with Gasteiger partial charge in [0.15, 0.2) is 5.78 Å². The molecule has 0 aliphatic heterocycles. The predicted octanol–water partition coefficient (Wildman–Crippen LogP) is 2.71. The molecule has 2 bridgehead atoms. The minimum Gasteiger partial charge on any atom is -0.393 e. The van der Waals surface area contributed by atoms with Crippen LogP contribution in [0.25, 0.3) is 0 Å². The monoisotopic (exact) mass is 304 g/mol. The van der Waals surface area contributed by atoms with Crippen LogP contribution in [0.5, 0.6) is 0 Å². The summed E-state index contributed by atoms with van der Waals surface area (Å²) in [6, 6.07) is 0. The number of Topliss-reactive ketones (excluding diaryl/α,β-unsaturated/α-hetero) is 1. The average molecular weight is 304 g/mol. The number of hydrogen-bond acceptors (Lipinski definition) is 3. The third-order valence-corrected chi connectivity index (χ3v) is 8.13. The summed E-state index contributed by atoms with van der Waals surface area (Å²) in [6.07, 6.45) is 4.44. The van der Waals surface area contributed by atoms with Gasteiger partial charge in [-0.15, -0.1) is 0 Å². The summed E-state index contributed by atoms with van der Waals surface area (Å²) in [4.78, 5) is 12.9. The van der Waals surface area contributed by atoms with Crippen molar-refractivity contribution < 1.29 is 15.0 Å². The molecule has 0 aromatic heterocycles. The van der Waals surface area contributed by atoms with Gasteiger partial charge in [-0.2, -0.15) is 0 Å². The Labute approximate surface area is 132 Å². The Balaban J connectivity index is 1.77. The Bertz CT molecular complexity index is 541. The van der Waals surface area contributed by atoms with Crippen molar-refractivity contribution in [1.82, 2.24) is 0 Å². The van der Waals surface area contributed by atoms with Gasteiger partial charge in [0, 0.05) is 11.3 Å². The van der Waals surface area contributed by atoms with E-state index in [4.69, 9.17) is 0 Å². The van der Waals surface area contributed by atoms with E-state index in [9.17, 15) is 15.0 Å². The Morgan fingerprint density at radius 3 is 2.68 bits per heavy atom. The van der Waals surface area contributed by atoms with Crippen molar-refractivity contribution in [3.05, 3.63) is 12.2 Å². The largest absolute Gasteiger partial charge is 0.393 e. The molecule has 5 rings (SSSR count). The van der Waals surface area contributed by atoms with E-state index in [1.807, 2.05) is 0 Å². The van der Waals surface area contributed by atoms with Crippen molar-refractivity contribution in [3.63, 3.8) is 0 Å². The minimum atomic E-state index is -0.816. The van der Waals surface area contributed by atoms with Crippen LogP contribution in [0.3, 0.4) is 0 Å². The Morgan fingerprint density at radius 1 is 1.23 bits per heavy atom. The van der Waals surface area contributed by atoms with E-state index in [-0.39, 0.29) is 28.6 Å². The van der Waals surface area contributed by atoms with Gasteiger partial charge in [-0.1, -0.05) is 26.0 Å². The van der Waals surface area contributed by atoms with Gasteiger partial charge in [-0.25, -0.2) is 0 Å². The number of aliphatic hydroxyl groups is 2. The van der Waals surface area contributed by atoms with Crippen LogP contribution >= 0.6 is 0 Å². The Morgan fingerprint density at radius 2 is 1.95 bits per heavy atom. The number of hydrogen-bond donors (Lipinski definition) is 2. The summed E-state index contributed by atoms with van der Waals surface area (Å²) < 4.78 is 0. The summed E-state index contributed by atoms with van der Waals surface area (Å²) in [5.41, 5.74) is 0.860. The fourth-order valence-corrected chi connectivity index (χ4v) is 6.89. The van der Waals surface area contributed by atoms with Gasteiger partial charge in [-0.05, 0) is 61.7 Å². The standard InChI is InChI=1S/C19H28O3/c1-10-9-19-7-4-13-11(2)14(20)5-6-18(13,3)15(19)8-12(10)16(21)17(19)22/h11-16,20-21H,1,4-9H2,2-3H3/t11-,12+,13-,14-,15+,16-,18-,19+/m1/s1. The lowest BCUT2D eigenvalue weighted by atomic mass is 9.38. The first-order chi connectivity index (χ1) is 10.3. The zero-order valence-corrected chi connectivity index (χ0v) is 13.7. The first-order valence-electron chi connectivity index (χ1n) is 8.89. The molecule has 5 aliphatic carbocycles. The molecule has 5 saturated carbocycles. The molecular formula is C19H28O3. The van der Waals surface area contributed by atoms with Crippen LogP contribution in [0.15, 0.2) is 12.2 Å². The molecule has 122 valence electrons. The van der Waals surface area contributed by atoms with Gasteiger partial charge in [0.25, 0.3) is 0 Å². The average Bonchev–Trinajstić information content (AvgIpc) is 2.48. The third-order valence-electron chi connectivity index (χ3n) is 8.13. The molecule has 0 radical (unpaired) electrons. The molecule has 0 unspecified atom stereocenters. The quantitative estimate of drug-likeness (QED) is 0.677. The Hall–Kier alpha value is -0.670. The SMILES string of the molecule is C=C1C[C@@]23CC[C@@H]4[C@@H](C)[C@H](O)CC[C@@]4(C)[C@@H]2C[C@@H]1[C@@H](O)C3=O. The van der Waals surface area contributed by atoms with Gasteiger partial charge < -0.3 is 10.2 Å². The van der Waals surface area contributed by atoms with Crippen molar-refractivity contribution in [1.29, 1.82) is 0 Å². The topological polar surface area (TPSA) is 57.5 Å². The molecule has 2 N–H and O–H groups in total. The summed E-state index contributed by atoms with van der Waals surface area (Å²) in [5, 5.41) is 20.7. The lowest BCUT2D eigenvalue weighted by Gasteiger charge is -2.66. The van der Waals surface area contributed by atoms with Crippen LogP contribution in [0.2, 0.25) is 0 Å². The second-order valence-corrected chi connectivity index (χ2v) is 8.81. The summed E-state index contributed by atoms with van der Waals surface area (Å²) >= 11 is 0. The molecule has 5 aliphatic rings. The maximum atomic E-state index is 12.9. The van der Waals surface area contributed by atoms with Crippen molar-refractivity contribution in [2.75, 3.05) is 0 Å². The molecule has 0 aromatic rings. The fourth-order valence-electron chi connectivity index (χ4n) is 6.89. The molecular weight excluding hydrogens is 276 g/mol. The first-order valence-corrected chi connectivity index (χ1v) is 8.89. The predicted molar refractivity (Wildman–Crippen MR) is 84.0 cm³/mol. The summed E-state index contributed by atoms with van der Waals surface area (Å²) in [6.45, 7) is 8.71. The summed E-state index contributed by atoms with van der Waals surface area (Å²) in [7, 11) is 0. The van der Waals surface area contributed by atoms with E-state index < -0.39 is 6.10 Å². The molecule has 0 heterocycles. The molecule has 0 amide bonds. The molecule has 5 fully saturated rings. The van der Waals surface area contributed by atoms with Crippen LogP contribution in [0.4, 0.5) is 0 Å². The minimum absolute atomic E-state index is 0.0305. The van der Waals surface area contributed by atoms with Gasteiger partial charge in [0.05, 0.1) is 6.10 Å². The smallest absolute Gasteiger partial charge is 0.168 e. The number of carbonyl (C=O) groups is 1. The number of rotatable bonds is 0. The first kappa shape index (κ1) is 14.9. The maximum Gasteiger partial charge on any atom is 0.168 e. The zero-order chi connectivity index (χ0) is 15.9. The highest BCUT2D eigenvalue weighted by molar-refractivity contribution is 5.92. The van der Waals surface area contributed by atoms with Crippen LogP contribution in [0.1, 0.15) is 52.4 Å². The normalized spacial score (nSPS) is 57.5. The van der Waals surface area contributed by atoms with Crippen LogP contribution in [-0.4, -0.2) is 28.2 Å². The maximum absolute atomic E-state index is 12.9. The molecule has 22 heavy (non-hydrogen) atoms. The molecule has 0 saturated heterocycles. The molecule has 0 aromatic carbocycles. The number of fused-ring (bicyclic) bond motifs is 3. The van der Waals surface area contributed by atoms with E-state index in [1.165, 1.54) is 0 Å². The Kier molecular flexibility index (Phi) is 3.01. The van der Waals surface area contributed by atoms with Crippen molar-refractivity contribution in [3.8, 4) is 0 Å². The van der Waals surface area contributed by atoms with Crippen LogP contribution < -0.4 is 0 Å². The molecule has 3 nitrogen and oxygen atoms in total. The van der Waals surface area contributed by atoms with E-state index >= 15 is 0 Å². The van der Waals surface area contributed by atoms with Crippen LogP contribution in [-0.2, 0) is 4.79 Å².